The first kappa shape index (κ1) is 18.8. The average molecular weight is 405 g/mol. The van der Waals surface area contributed by atoms with E-state index in [9.17, 15) is 14.0 Å². The van der Waals surface area contributed by atoms with Crippen LogP contribution in [0, 0.1) is 5.82 Å². The van der Waals surface area contributed by atoms with Crippen LogP contribution in [0.25, 0.3) is 0 Å². The van der Waals surface area contributed by atoms with Crippen molar-refractivity contribution in [3.05, 3.63) is 82.0 Å². The minimum atomic E-state index is -0.601. The molecule has 0 spiro atoms. The van der Waals surface area contributed by atoms with E-state index in [0.29, 0.717) is 10.0 Å². The highest BCUT2D eigenvalue weighted by Crippen LogP contribution is 2.22. The maximum Gasteiger partial charge on any atom is 0.274 e. The molecule has 0 saturated carbocycles. The summed E-state index contributed by atoms with van der Waals surface area (Å²) >= 11 is 11.7. The van der Waals surface area contributed by atoms with Gasteiger partial charge in [-0.25, -0.2) is 14.4 Å². The van der Waals surface area contributed by atoms with Gasteiger partial charge in [-0.05, 0) is 42.5 Å². The summed E-state index contributed by atoms with van der Waals surface area (Å²) in [6.45, 7) is 0. The quantitative estimate of drug-likeness (QED) is 0.673. The second-order valence-corrected chi connectivity index (χ2v) is 6.19. The lowest BCUT2D eigenvalue weighted by Gasteiger charge is -2.11. The third kappa shape index (κ3) is 4.78. The smallest absolute Gasteiger partial charge is 0.274 e. The van der Waals surface area contributed by atoms with E-state index in [0.717, 1.165) is 12.3 Å². The van der Waals surface area contributed by atoms with Crippen LogP contribution in [0.15, 0.2) is 54.9 Å². The Morgan fingerprint density at radius 3 is 2.30 bits per heavy atom. The molecule has 3 rings (SSSR count). The zero-order valence-corrected chi connectivity index (χ0v) is 15.1. The molecule has 0 aliphatic heterocycles. The van der Waals surface area contributed by atoms with Gasteiger partial charge in [-0.3, -0.25) is 9.59 Å². The molecule has 0 aliphatic rings. The van der Waals surface area contributed by atoms with Crippen LogP contribution in [0.1, 0.15) is 20.8 Å². The number of nitrogens with one attached hydrogen (secondary N) is 2. The van der Waals surface area contributed by atoms with E-state index >= 15 is 0 Å². The van der Waals surface area contributed by atoms with E-state index < -0.39 is 17.6 Å². The average Bonchev–Trinajstić information content (AvgIpc) is 2.65. The number of amides is 2. The monoisotopic (exact) mass is 404 g/mol. The van der Waals surface area contributed by atoms with Crippen LogP contribution < -0.4 is 10.6 Å². The number of carbonyl (C=O) groups is 2. The normalized spacial score (nSPS) is 10.3. The lowest BCUT2D eigenvalue weighted by atomic mass is 10.1. The van der Waals surface area contributed by atoms with Gasteiger partial charge >= 0.3 is 0 Å². The molecule has 0 unspecified atom stereocenters. The third-order valence-electron chi connectivity index (χ3n) is 3.40. The van der Waals surface area contributed by atoms with Gasteiger partial charge in [0.05, 0.1) is 22.5 Å². The van der Waals surface area contributed by atoms with Gasteiger partial charge in [0.2, 0.25) is 0 Å². The van der Waals surface area contributed by atoms with Gasteiger partial charge < -0.3 is 10.6 Å². The predicted molar refractivity (Wildman–Crippen MR) is 101 cm³/mol. The molecule has 0 bridgehead atoms. The molecule has 2 amide bonds. The second kappa shape index (κ2) is 8.11. The molecule has 0 atom stereocenters. The fourth-order valence-corrected chi connectivity index (χ4v) is 2.43. The summed E-state index contributed by atoms with van der Waals surface area (Å²) in [5.74, 6) is -1.42. The highest BCUT2D eigenvalue weighted by molar-refractivity contribution is 6.31. The molecule has 9 heteroatoms. The van der Waals surface area contributed by atoms with E-state index in [1.807, 2.05) is 0 Å². The molecule has 2 aromatic heterocycles. The largest absolute Gasteiger partial charge is 0.320 e. The highest BCUT2D eigenvalue weighted by Gasteiger charge is 2.16. The molecule has 2 heterocycles. The topological polar surface area (TPSA) is 84.0 Å². The fraction of sp³-hybridized carbons (Fsp3) is 0. The standard InChI is InChI=1S/C18H11Cl2FN4O2/c19-10-1-4-14(24-18(27)15-5-3-12(21)9-22-15)13(7-10)17(26)25-16-6-2-11(20)8-23-16/h1-9H,(H,24,27)(H,23,25,26). The summed E-state index contributed by atoms with van der Waals surface area (Å²) in [5, 5.41) is 5.89. The zero-order valence-electron chi connectivity index (χ0n) is 13.5. The fourth-order valence-electron chi connectivity index (χ4n) is 2.14. The molecule has 27 heavy (non-hydrogen) atoms. The molecule has 0 aliphatic carbocycles. The Balaban J connectivity index is 1.83. The summed E-state index contributed by atoms with van der Waals surface area (Å²) in [4.78, 5) is 32.6. The number of aromatic nitrogens is 2. The maximum absolute atomic E-state index is 12.9. The van der Waals surface area contributed by atoms with Crippen LogP contribution in [0.4, 0.5) is 15.9 Å². The van der Waals surface area contributed by atoms with Gasteiger partial charge in [0, 0.05) is 11.2 Å². The molecule has 6 nitrogen and oxygen atoms in total. The maximum atomic E-state index is 12.9. The number of rotatable bonds is 4. The summed E-state index contributed by atoms with van der Waals surface area (Å²) in [6, 6.07) is 9.86. The molecular formula is C18H11Cl2FN4O2. The van der Waals surface area contributed by atoms with E-state index in [2.05, 4.69) is 20.6 Å². The van der Waals surface area contributed by atoms with Crippen LogP contribution in [-0.4, -0.2) is 21.8 Å². The van der Waals surface area contributed by atoms with Crippen LogP contribution in [-0.2, 0) is 0 Å². The Hall–Kier alpha value is -3.03. The lowest BCUT2D eigenvalue weighted by Crippen LogP contribution is -2.19. The van der Waals surface area contributed by atoms with Crippen molar-refractivity contribution in [2.45, 2.75) is 0 Å². The Labute approximate surface area is 163 Å². The molecule has 136 valence electrons. The SMILES string of the molecule is O=C(Nc1ccc(Cl)cc1C(=O)Nc1ccc(Cl)cn1)c1ccc(F)cn1. The van der Waals surface area contributed by atoms with E-state index in [1.54, 1.807) is 6.07 Å². The number of nitrogens with zero attached hydrogens (tertiary/aromatic N) is 2. The van der Waals surface area contributed by atoms with Crippen molar-refractivity contribution in [1.82, 2.24) is 9.97 Å². The number of anilines is 2. The van der Waals surface area contributed by atoms with Crippen molar-refractivity contribution >= 4 is 46.5 Å². The molecule has 2 N–H and O–H groups in total. The molecule has 3 aromatic rings. The Bertz CT molecular complexity index is 995. The predicted octanol–water partition coefficient (Wildman–Crippen LogP) is 4.43. The van der Waals surface area contributed by atoms with Gasteiger partial charge in [0.1, 0.15) is 17.3 Å². The first-order chi connectivity index (χ1) is 12.9. The highest BCUT2D eigenvalue weighted by atomic mass is 35.5. The Morgan fingerprint density at radius 2 is 1.63 bits per heavy atom. The van der Waals surface area contributed by atoms with Gasteiger partial charge in [0.15, 0.2) is 0 Å². The van der Waals surface area contributed by atoms with Crippen LogP contribution in [0.3, 0.4) is 0 Å². The second-order valence-electron chi connectivity index (χ2n) is 5.32. The lowest BCUT2D eigenvalue weighted by molar-refractivity contribution is 0.102. The Morgan fingerprint density at radius 1 is 0.852 bits per heavy atom. The van der Waals surface area contributed by atoms with Crippen molar-refractivity contribution in [3.63, 3.8) is 0 Å². The number of pyridine rings is 2. The molecule has 0 saturated heterocycles. The van der Waals surface area contributed by atoms with Crippen LogP contribution in [0.5, 0.6) is 0 Å². The van der Waals surface area contributed by atoms with Gasteiger partial charge in [0.25, 0.3) is 11.8 Å². The number of benzene rings is 1. The van der Waals surface area contributed by atoms with E-state index in [-0.39, 0.29) is 22.8 Å². The van der Waals surface area contributed by atoms with Gasteiger partial charge in [-0.15, -0.1) is 0 Å². The van der Waals surface area contributed by atoms with E-state index in [4.69, 9.17) is 23.2 Å². The molecule has 1 aromatic carbocycles. The Kier molecular flexibility index (Phi) is 5.63. The summed E-state index contributed by atoms with van der Waals surface area (Å²) < 4.78 is 12.9. The van der Waals surface area contributed by atoms with Crippen LogP contribution >= 0.6 is 23.2 Å². The minimum absolute atomic E-state index is 0.00271. The first-order valence-electron chi connectivity index (χ1n) is 7.58. The summed E-state index contributed by atoms with van der Waals surface area (Å²) in [7, 11) is 0. The van der Waals surface area contributed by atoms with E-state index in [1.165, 1.54) is 36.5 Å². The minimum Gasteiger partial charge on any atom is -0.320 e. The first-order valence-corrected chi connectivity index (χ1v) is 8.33. The molecule has 0 fully saturated rings. The van der Waals surface area contributed by atoms with Gasteiger partial charge in [-0.1, -0.05) is 23.2 Å². The number of hydrogen-bond donors (Lipinski definition) is 2. The summed E-state index contributed by atoms with van der Waals surface area (Å²) in [6.07, 6.45) is 2.31. The van der Waals surface area contributed by atoms with Crippen molar-refractivity contribution < 1.29 is 14.0 Å². The number of halogens is 3. The third-order valence-corrected chi connectivity index (χ3v) is 3.86. The number of carbonyl (C=O) groups excluding carboxylic acids is 2. The van der Waals surface area contributed by atoms with Crippen molar-refractivity contribution in [2.75, 3.05) is 10.6 Å². The van der Waals surface area contributed by atoms with Crippen molar-refractivity contribution in [3.8, 4) is 0 Å². The van der Waals surface area contributed by atoms with Gasteiger partial charge in [-0.2, -0.15) is 0 Å². The van der Waals surface area contributed by atoms with Crippen LogP contribution in [0.2, 0.25) is 10.0 Å². The van der Waals surface area contributed by atoms with Crippen molar-refractivity contribution in [2.24, 2.45) is 0 Å². The molecular weight excluding hydrogens is 394 g/mol. The zero-order chi connectivity index (χ0) is 19.4. The van der Waals surface area contributed by atoms with Crippen molar-refractivity contribution in [1.29, 1.82) is 0 Å². The summed E-state index contributed by atoms with van der Waals surface area (Å²) in [5.41, 5.74) is 0.328. The number of hydrogen-bond acceptors (Lipinski definition) is 4. The molecule has 0 radical (unpaired) electrons.